The van der Waals surface area contributed by atoms with Gasteiger partial charge in [0.1, 0.15) is 0 Å². The topological polar surface area (TPSA) is 47.6 Å². The van der Waals surface area contributed by atoms with Crippen LogP contribution in [-0.2, 0) is 4.79 Å². The molecule has 0 aliphatic rings. The van der Waals surface area contributed by atoms with Gasteiger partial charge in [-0.25, -0.2) is 0 Å². The molecule has 0 aromatic heterocycles. The fraction of sp³-hybridized carbons (Fsp3) is 0.400. The number of amides is 1. The van der Waals surface area contributed by atoms with Gasteiger partial charge in [0.15, 0.2) is 18.1 Å². The molecule has 0 atom stereocenters. The van der Waals surface area contributed by atoms with Gasteiger partial charge in [-0.05, 0) is 38.5 Å². The summed E-state index contributed by atoms with van der Waals surface area (Å²) in [7, 11) is 1.57. The number of rotatable bonds is 6. The fourth-order valence-corrected chi connectivity index (χ4v) is 1.56. The van der Waals surface area contributed by atoms with E-state index in [-0.39, 0.29) is 18.6 Å². The molecule has 0 heterocycles. The van der Waals surface area contributed by atoms with Crippen LogP contribution in [0.4, 0.5) is 0 Å². The Morgan fingerprint density at radius 2 is 2.05 bits per heavy atom. The summed E-state index contributed by atoms with van der Waals surface area (Å²) in [5.41, 5.74) is 1.93. The molecule has 104 valence electrons. The molecule has 0 bridgehead atoms. The Morgan fingerprint density at radius 3 is 2.58 bits per heavy atom. The highest BCUT2D eigenvalue weighted by molar-refractivity contribution is 5.77. The van der Waals surface area contributed by atoms with Gasteiger partial charge in [0.05, 0.1) is 7.11 Å². The third-order valence-electron chi connectivity index (χ3n) is 2.46. The highest BCUT2D eigenvalue weighted by Crippen LogP contribution is 2.30. The zero-order chi connectivity index (χ0) is 14.4. The van der Waals surface area contributed by atoms with Crippen LogP contribution in [0.25, 0.3) is 5.57 Å². The first-order valence-corrected chi connectivity index (χ1v) is 6.20. The quantitative estimate of drug-likeness (QED) is 0.858. The van der Waals surface area contributed by atoms with Crippen molar-refractivity contribution < 1.29 is 14.3 Å². The van der Waals surface area contributed by atoms with E-state index in [1.165, 1.54) is 0 Å². The maximum absolute atomic E-state index is 11.5. The van der Waals surface area contributed by atoms with Crippen LogP contribution in [0, 0.1) is 0 Å². The summed E-state index contributed by atoms with van der Waals surface area (Å²) in [6.45, 7) is 9.58. The van der Waals surface area contributed by atoms with E-state index < -0.39 is 0 Å². The first-order valence-electron chi connectivity index (χ1n) is 6.20. The van der Waals surface area contributed by atoms with Crippen LogP contribution in [-0.4, -0.2) is 25.7 Å². The van der Waals surface area contributed by atoms with Gasteiger partial charge in [0.25, 0.3) is 5.91 Å². The molecular weight excluding hydrogens is 242 g/mol. The zero-order valence-electron chi connectivity index (χ0n) is 11.9. The number of ether oxygens (including phenoxy) is 2. The molecule has 0 aliphatic heterocycles. The van der Waals surface area contributed by atoms with Crippen molar-refractivity contribution in [3.05, 3.63) is 30.3 Å². The molecule has 0 aliphatic carbocycles. The first kappa shape index (κ1) is 15.1. The van der Waals surface area contributed by atoms with E-state index in [1.807, 2.05) is 32.9 Å². The van der Waals surface area contributed by atoms with Gasteiger partial charge in [-0.2, -0.15) is 0 Å². The van der Waals surface area contributed by atoms with Gasteiger partial charge in [0, 0.05) is 6.04 Å². The number of methoxy groups -OCH3 is 1. The van der Waals surface area contributed by atoms with Gasteiger partial charge in [-0.3, -0.25) is 4.79 Å². The predicted octanol–water partition coefficient (Wildman–Crippen LogP) is 2.63. The van der Waals surface area contributed by atoms with Crippen molar-refractivity contribution >= 4 is 11.5 Å². The van der Waals surface area contributed by atoms with Gasteiger partial charge < -0.3 is 14.8 Å². The lowest BCUT2D eigenvalue weighted by Crippen LogP contribution is -2.34. The lowest BCUT2D eigenvalue weighted by atomic mass is 10.1. The van der Waals surface area contributed by atoms with Crippen molar-refractivity contribution in [3.8, 4) is 11.5 Å². The molecule has 4 heteroatoms. The summed E-state index contributed by atoms with van der Waals surface area (Å²) >= 11 is 0. The Morgan fingerprint density at radius 1 is 1.37 bits per heavy atom. The number of nitrogens with one attached hydrogen (secondary N) is 1. The molecule has 0 saturated carbocycles. The second kappa shape index (κ2) is 6.83. The summed E-state index contributed by atoms with van der Waals surface area (Å²) in [6, 6.07) is 5.62. The Hall–Kier alpha value is -1.97. The van der Waals surface area contributed by atoms with Crippen LogP contribution < -0.4 is 14.8 Å². The normalized spacial score (nSPS) is 10.2. The Balaban J connectivity index is 2.73. The second-order valence-electron chi connectivity index (χ2n) is 4.66. The number of carbonyl (C=O) groups is 1. The summed E-state index contributed by atoms with van der Waals surface area (Å²) in [5.74, 6) is 0.991. The van der Waals surface area contributed by atoms with Crippen LogP contribution in [0.3, 0.4) is 0 Å². The minimum atomic E-state index is -0.152. The maximum Gasteiger partial charge on any atom is 0.258 e. The van der Waals surface area contributed by atoms with E-state index >= 15 is 0 Å². The third kappa shape index (κ3) is 4.66. The van der Waals surface area contributed by atoms with Crippen LogP contribution in [0.5, 0.6) is 11.5 Å². The number of carbonyl (C=O) groups excluding carboxylic acids is 1. The average Bonchev–Trinajstić information content (AvgIpc) is 2.35. The molecule has 0 radical (unpaired) electrons. The second-order valence-corrected chi connectivity index (χ2v) is 4.66. The van der Waals surface area contributed by atoms with Gasteiger partial charge in [-0.15, -0.1) is 0 Å². The summed E-state index contributed by atoms with van der Waals surface area (Å²) in [5, 5.41) is 2.76. The number of hydrogen-bond acceptors (Lipinski definition) is 3. The number of benzene rings is 1. The van der Waals surface area contributed by atoms with Crippen molar-refractivity contribution in [1.29, 1.82) is 0 Å². The molecule has 4 nitrogen and oxygen atoms in total. The molecule has 1 aromatic rings. The molecule has 0 unspecified atom stereocenters. The fourth-order valence-electron chi connectivity index (χ4n) is 1.56. The van der Waals surface area contributed by atoms with Gasteiger partial charge >= 0.3 is 0 Å². The molecule has 1 N–H and O–H groups in total. The molecule has 19 heavy (non-hydrogen) atoms. The zero-order valence-corrected chi connectivity index (χ0v) is 11.9. The highest BCUT2D eigenvalue weighted by atomic mass is 16.5. The smallest absolute Gasteiger partial charge is 0.258 e. The van der Waals surface area contributed by atoms with Crippen molar-refractivity contribution in [2.45, 2.75) is 26.8 Å². The predicted molar refractivity (Wildman–Crippen MR) is 76.5 cm³/mol. The van der Waals surface area contributed by atoms with Crippen molar-refractivity contribution in [1.82, 2.24) is 5.32 Å². The Bertz CT molecular complexity index is 466. The van der Waals surface area contributed by atoms with E-state index in [0.717, 1.165) is 11.1 Å². The lowest BCUT2D eigenvalue weighted by molar-refractivity contribution is -0.123. The van der Waals surface area contributed by atoms with E-state index in [0.29, 0.717) is 11.5 Å². The van der Waals surface area contributed by atoms with Crippen molar-refractivity contribution in [2.24, 2.45) is 0 Å². The lowest BCUT2D eigenvalue weighted by Gasteiger charge is -2.13. The Kier molecular flexibility index (Phi) is 5.42. The van der Waals surface area contributed by atoms with E-state index in [1.54, 1.807) is 13.2 Å². The van der Waals surface area contributed by atoms with Crippen LogP contribution >= 0.6 is 0 Å². The summed E-state index contributed by atoms with van der Waals surface area (Å²) < 4.78 is 10.7. The highest BCUT2D eigenvalue weighted by Gasteiger charge is 2.09. The van der Waals surface area contributed by atoms with Gasteiger partial charge in [-0.1, -0.05) is 18.2 Å². The van der Waals surface area contributed by atoms with Crippen molar-refractivity contribution in [3.63, 3.8) is 0 Å². The SMILES string of the molecule is C=C(C)c1ccc(OCC(=O)NC(C)C)c(OC)c1. The van der Waals surface area contributed by atoms with Crippen molar-refractivity contribution in [2.75, 3.05) is 13.7 Å². The first-order chi connectivity index (χ1) is 8.93. The number of hydrogen-bond donors (Lipinski definition) is 1. The molecule has 1 amide bonds. The van der Waals surface area contributed by atoms with E-state index in [4.69, 9.17) is 9.47 Å². The summed E-state index contributed by atoms with van der Waals surface area (Å²) in [4.78, 5) is 11.5. The third-order valence-corrected chi connectivity index (χ3v) is 2.46. The number of allylic oxidation sites excluding steroid dienone is 1. The average molecular weight is 263 g/mol. The van der Waals surface area contributed by atoms with Crippen LogP contribution in [0.15, 0.2) is 24.8 Å². The van der Waals surface area contributed by atoms with E-state index in [2.05, 4.69) is 11.9 Å². The minimum absolute atomic E-state index is 0.0268. The monoisotopic (exact) mass is 263 g/mol. The Labute approximate surface area is 114 Å². The molecule has 0 spiro atoms. The summed E-state index contributed by atoms with van der Waals surface area (Å²) in [6.07, 6.45) is 0. The molecular formula is C15H21NO3. The van der Waals surface area contributed by atoms with Crippen LogP contribution in [0.1, 0.15) is 26.3 Å². The molecule has 0 saturated heterocycles. The molecule has 1 aromatic carbocycles. The molecule has 1 rings (SSSR count). The van der Waals surface area contributed by atoms with Gasteiger partial charge in [0.2, 0.25) is 0 Å². The van der Waals surface area contributed by atoms with Crippen LogP contribution in [0.2, 0.25) is 0 Å². The largest absolute Gasteiger partial charge is 0.493 e. The van der Waals surface area contributed by atoms with E-state index in [9.17, 15) is 4.79 Å². The molecule has 0 fully saturated rings. The standard InChI is InChI=1S/C15H21NO3/c1-10(2)12-6-7-13(14(8-12)18-5)19-9-15(17)16-11(3)4/h6-8,11H,1,9H2,2-5H3,(H,16,17). The maximum atomic E-state index is 11.5. The minimum Gasteiger partial charge on any atom is -0.493 e.